The van der Waals surface area contributed by atoms with E-state index >= 15 is 0 Å². The third kappa shape index (κ3) is 32.1. The lowest BCUT2D eigenvalue weighted by atomic mass is 9.94. The van der Waals surface area contributed by atoms with Gasteiger partial charge < -0.3 is 10.6 Å². The Bertz CT molecular complexity index is 2400. The summed E-state index contributed by atoms with van der Waals surface area (Å²) in [6.45, 7) is 19.1. The molecule has 0 aliphatic carbocycles. The zero-order chi connectivity index (χ0) is 56.0. The number of benzene rings is 7. The van der Waals surface area contributed by atoms with Crippen LogP contribution < -0.4 is 0 Å². The number of rotatable bonds is 13. The topological polar surface area (TPSA) is 240 Å². The van der Waals surface area contributed by atoms with Gasteiger partial charge in [0.25, 0.3) is 0 Å². The van der Waals surface area contributed by atoms with Crippen molar-refractivity contribution in [2.75, 3.05) is 0 Å². The van der Waals surface area contributed by atoms with Crippen molar-refractivity contribution in [3.63, 3.8) is 0 Å². The Morgan fingerprint density at radius 3 is 1.20 bits per heavy atom. The number of hydrogen-bond donors (Lipinski definition) is 3. The maximum Gasteiger partial charge on any atom is 0.202 e. The molecule has 0 saturated heterocycles. The van der Waals surface area contributed by atoms with Crippen molar-refractivity contribution in [1.82, 2.24) is 0 Å². The smallest absolute Gasteiger partial charge is 0.202 e. The number of aldehydes is 2. The molecule has 13 nitrogen and oxygen atoms in total. The van der Waals surface area contributed by atoms with E-state index in [1.165, 1.54) is 17.5 Å². The lowest BCUT2D eigenvalue weighted by Gasteiger charge is -2.24. The van der Waals surface area contributed by atoms with E-state index in [1.54, 1.807) is 26.0 Å². The monoisotopic (exact) mass is 1030 g/mol. The summed E-state index contributed by atoms with van der Waals surface area (Å²) in [4.78, 5) is 65.6. The van der Waals surface area contributed by atoms with Gasteiger partial charge in [0.15, 0.2) is 5.78 Å². The van der Waals surface area contributed by atoms with Crippen molar-refractivity contribution >= 4 is 23.9 Å². The largest absolute Gasteiger partial charge is 0.457 e. The molecule has 5 atom stereocenters. The Morgan fingerprint density at radius 2 is 0.920 bits per heavy atom. The molecule has 75 heavy (non-hydrogen) atoms. The van der Waals surface area contributed by atoms with Gasteiger partial charge in [-0.25, -0.2) is 9.78 Å². The Hall–Kier alpha value is -7.75. The second-order valence-corrected chi connectivity index (χ2v) is 16.3. The summed E-state index contributed by atoms with van der Waals surface area (Å²) in [5.74, 6) is 1.05. The third-order valence-corrected chi connectivity index (χ3v) is 11.1. The van der Waals surface area contributed by atoms with Crippen LogP contribution in [0.1, 0.15) is 135 Å². The number of Topliss-reactive ketones (excluding diaryl/α,β-unsaturated/α-hetero) is 1. The van der Waals surface area contributed by atoms with Crippen molar-refractivity contribution in [2.24, 2.45) is 0 Å². The van der Waals surface area contributed by atoms with Crippen molar-refractivity contribution in [2.45, 2.75) is 97.9 Å². The minimum absolute atomic E-state index is 0. The molecule has 7 rings (SSSR count). The third-order valence-electron chi connectivity index (χ3n) is 11.1. The molecule has 13 heteroatoms. The van der Waals surface area contributed by atoms with Crippen molar-refractivity contribution < 1.29 is 55.2 Å². The van der Waals surface area contributed by atoms with Crippen LogP contribution in [0.15, 0.2) is 219 Å². The number of carbonyl (C=O) groups is 3. The van der Waals surface area contributed by atoms with Crippen molar-refractivity contribution in [1.29, 1.82) is 0 Å². The van der Waals surface area contributed by atoms with E-state index in [4.69, 9.17) is 35.5 Å². The van der Waals surface area contributed by atoms with Crippen LogP contribution in [0.25, 0.3) is 5.57 Å². The van der Waals surface area contributed by atoms with Gasteiger partial charge in [-0.2, -0.15) is 0 Å². The molecule has 0 heterocycles. The van der Waals surface area contributed by atoms with Crippen molar-refractivity contribution in [3.8, 4) is 0 Å². The van der Waals surface area contributed by atoms with Gasteiger partial charge in [0.1, 0.15) is 18.2 Å². The Balaban J connectivity index is -0.000000798. The molecule has 0 aliphatic heterocycles. The van der Waals surface area contributed by atoms with E-state index in [0.717, 1.165) is 46.8 Å². The molecule has 5 unspecified atom stereocenters. The molecule has 0 bridgehead atoms. The second kappa shape index (κ2) is 46.1. The summed E-state index contributed by atoms with van der Waals surface area (Å²) in [7, 11) is 0. The Labute approximate surface area is 443 Å². The molecule has 7 aromatic carbocycles. The molecule has 0 spiro atoms. The highest BCUT2D eigenvalue weighted by Gasteiger charge is 2.25. The summed E-state index contributed by atoms with van der Waals surface area (Å²) in [5, 5.41) is 26.2. The quantitative estimate of drug-likeness (QED) is 0.0246. The first-order valence-electron chi connectivity index (χ1n) is 23.8. The minimum Gasteiger partial charge on any atom is -0.457 e. The van der Waals surface area contributed by atoms with Crippen LogP contribution in [0.3, 0.4) is 0 Å². The van der Waals surface area contributed by atoms with E-state index < -0.39 is 5.60 Å². The van der Waals surface area contributed by atoms with Crippen LogP contribution in [0.5, 0.6) is 0 Å². The highest BCUT2D eigenvalue weighted by atomic mass is 17.1. The number of ketones is 1. The van der Waals surface area contributed by atoms with Crippen LogP contribution in [-0.2, 0) is 25.6 Å². The summed E-state index contributed by atoms with van der Waals surface area (Å²) in [5.41, 5.74) is 6.95. The zero-order valence-electron chi connectivity index (χ0n) is 44.5. The molecule has 0 radical (unpaired) electrons. The first kappa shape index (κ1) is 71.5. The zero-order valence-corrected chi connectivity index (χ0v) is 44.5. The molecule has 8 N–H and O–H groups in total. The van der Waals surface area contributed by atoms with Gasteiger partial charge in [0, 0.05) is 32.5 Å². The van der Waals surface area contributed by atoms with Gasteiger partial charge in [0.05, 0.1) is 12.2 Å². The number of aliphatic hydroxyl groups excluding tert-OH is 1. The lowest BCUT2D eigenvalue weighted by Crippen LogP contribution is -2.23. The first-order chi connectivity index (χ1) is 35.7. The van der Waals surface area contributed by atoms with E-state index in [0.29, 0.717) is 11.5 Å². The van der Waals surface area contributed by atoms with Gasteiger partial charge in [-0.1, -0.05) is 247 Å². The Kier molecular flexibility index (Phi) is 43.9. The van der Waals surface area contributed by atoms with E-state index in [2.05, 4.69) is 60.5 Å². The second-order valence-electron chi connectivity index (χ2n) is 16.3. The number of carbonyl (C=O) groups excluding carboxylic acids is 3. The first-order valence-corrected chi connectivity index (χ1v) is 23.8. The molecule has 0 amide bonds. The number of aliphatic hydroxyl groups is 1. The fraction of sp³-hybridized carbons (Fsp3) is 0.242. The SMILES string of the molecule is C=C(C=O)c1ccccc1.CC(=O)c1ccccc1.CC(O)c1ccccc1.CC(OO)C(C)c1ccccc1.CCC(C)(OO)c1ccccc1.CCC(C)c1ccccc1.O=Cc1ccccc1.O=[OH+].O=[OH+].[OH3+]. The summed E-state index contributed by atoms with van der Waals surface area (Å²) < 4.78 is 0. The minimum atomic E-state index is -0.568. The average Bonchev–Trinajstić information content (AvgIpc) is 3.49. The molecular weight excluding hydrogens is 953 g/mol. The van der Waals surface area contributed by atoms with Gasteiger partial charge in [-0.3, -0.25) is 24.9 Å². The normalized spacial score (nSPS) is 11.6. The van der Waals surface area contributed by atoms with Gasteiger partial charge >= 0.3 is 0 Å². The number of allylic oxidation sites excluding steroid dienone is 1. The molecule has 0 aliphatic rings. The highest BCUT2D eigenvalue weighted by Crippen LogP contribution is 2.27. The molecule has 7 aromatic rings. The van der Waals surface area contributed by atoms with E-state index in [-0.39, 0.29) is 29.4 Å². The predicted octanol–water partition coefficient (Wildman–Crippen LogP) is 14.5. The standard InChI is InChI=1S/2C10H14O2.C10H14.C9H8O.C8H10O.C8H8O.C7H6O.2O2.H2O/c1-8(9(2)12-11)10-6-4-3-5-7-10;1-3-10(2,12-11)9-7-5-4-6-8-9;1-3-9(2)10-7-5-4-6-8-10;1-8(7-10)9-5-3-2-4-6-9;2*1-7(9)8-5-3-2-4-6-8;8-6-7-4-2-1-3-5-7;2*1-2;/h3-9,11H,1-2H3;4-8,11H,3H2,1-2H3;4-9H,3H2,1-2H3;2-7H,1H2;2-7,9H,1H3;2-6H,1H3;1-6H;;;1H2/p+3. The average molecular weight is 1030 g/mol. The van der Waals surface area contributed by atoms with Crippen LogP contribution in [0, 0.1) is 9.93 Å². The van der Waals surface area contributed by atoms with Gasteiger partial charge in [-0.15, -0.1) is 0 Å². The molecular formula is C62H79O13+3. The Morgan fingerprint density at radius 1 is 0.573 bits per heavy atom. The van der Waals surface area contributed by atoms with Crippen molar-refractivity contribution in [3.05, 3.63) is 268 Å². The van der Waals surface area contributed by atoms with E-state index in [1.807, 2.05) is 198 Å². The fourth-order valence-corrected chi connectivity index (χ4v) is 5.90. The van der Waals surface area contributed by atoms with Crippen LogP contribution in [0.2, 0.25) is 0 Å². The van der Waals surface area contributed by atoms with Gasteiger partial charge in [-0.05, 0) is 74.3 Å². The molecule has 402 valence electrons. The maximum atomic E-state index is 10.6. The lowest BCUT2D eigenvalue weighted by molar-refractivity contribution is -0.324. The molecule has 0 aromatic heterocycles. The van der Waals surface area contributed by atoms with Gasteiger partial charge in [0.2, 0.25) is 9.93 Å². The number of hydrogen-bond acceptors (Lipinski definition) is 10. The highest BCUT2D eigenvalue weighted by molar-refractivity contribution is 6.05. The van der Waals surface area contributed by atoms with Crippen LogP contribution in [0.4, 0.5) is 0 Å². The van der Waals surface area contributed by atoms with Crippen LogP contribution >= 0.6 is 0 Å². The summed E-state index contributed by atoms with van der Waals surface area (Å²) in [6.07, 6.45) is 3.06. The fourth-order valence-electron chi connectivity index (χ4n) is 5.90. The maximum absolute atomic E-state index is 10.6. The molecule has 0 saturated carbocycles. The van der Waals surface area contributed by atoms with E-state index in [9.17, 15) is 14.4 Å². The molecule has 0 fully saturated rings. The summed E-state index contributed by atoms with van der Waals surface area (Å²) >= 11 is 0. The van der Waals surface area contributed by atoms with Crippen LogP contribution in [-0.4, -0.2) is 50.0 Å². The predicted molar refractivity (Wildman–Crippen MR) is 303 cm³/mol. The summed E-state index contributed by atoms with van der Waals surface area (Å²) in [6, 6.07) is 67.6.